The summed E-state index contributed by atoms with van der Waals surface area (Å²) >= 11 is 0. The van der Waals surface area contributed by atoms with E-state index in [1.807, 2.05) is 32.9 Å². The lowest BCUT2D eigenvalue weighted by Crippen LogP contribution is -2.00. The fourth-order valence-electron chi connectivity index (χ4n) is 1.11. The van der Waals surface area contributed by atoms with Crippen molar-refractivity contribution in [3.63, 3.8) is 0 Å². The first-order valence-electron chi connectivity index (χ1n) is 4.68. The molecule has 3 heteroatoms. The Morgan fingerprint density at radius 1 is 1.07 bits per heavy atom. The Labute approximate surface area is 86.9 Å². The van der Waals surface area contributed by atoms with E-state index >= 15 is 0 Å². The minimum atomic E-state index is -3.06. The molecule has 14 heavy (non-hydrogen) atoms. The topological polar surface area (TPSA) is 34.1 Å². The summed E-state index contributed by atoms with van der Waals surface area (Å²) in [5, 5.41) is 0. The van der Waals surface area contributed by atoms with Gasteiger partial charge in [-0.25, -0.2) is 8.42 Å². The summed E-state index contributed by atoms with van der Waals surface area (Å²) in [4.78, 5) is 0.433. The predicted octanol–water partition coefficient (Wildman–Crippen LogP) is 2.73. The second-order valence-corrected chi connectivity index (χ2v) is 5.03. The molecule has 0 radical (unpaired) electrons. The molecular weight excluding hydrogens is 196 g/mol. The van der Waals surface area contributed by atoms with Gasteiger partial charge >= 0.3 is 0 Å². The van der Waals surface area contributed by atoms with Crippen molar-refractivity contribution in [3.05, 3.63) is 29.3 Å². The van der Waals surface area contributed by atoms with Crippen LogP contribution >= 0.6 is 0 Å². The summed E-state index contributed by atoms with van der Waals surface area (Å²) in [6.07, 6.45) is 1.23. The van der Waals surface area contributed by atoms with E-state index < -0.39 is 9.84 Å². The highest BCUT2D eigenvalue weighted by molar-refractivity contribution is 7.90. The van der Waals surface area contributed by atoms with Crippen LogP contribution in [0.3, 0.4) is 0 Å². The zero-order valence-electron chi connectivity index (χ0n) is 9.46. The van der Waals surface area contributed by atoms with Crippen LogP contribution in [0.4, 0.5) is 0 Å². The predicted molar refractivity (Wildman–Crippen MR) is 60.4 cm³/mol. The largest absolute Gasteiger partial charge is 0.224 e. The van der Waals surface area contributed by atoms with Crippen LogP contribution in [-0.2, 0) is 9.84 Å². The highest BCUT2D eigenvalue weighted by Gasteiger charge is 2.09. The number of hydrogen-bond donors (Lipinski definition) is 0. The second kappa shape index (κ2) is 5.15. The molecule has 0 N–H and O–H groups in total. The second-order valence-electron chi connectivity index (χ2n) is 3.04. The van der Waals surface area contributed by atoms with Gasteiger partial charge in [-0.15, -0.1) is 0 Å². The highest BCUT2D eigenvalue weighted by Crippen LogP contribution is 2.15. The van der Waals surface area contributed by atoms with E-state index in [0.717, 1.165) is 11.1 Å². The van der Waals surface area contributed by atoms with Crippen molar-refractivity contribution < 1.29 is 8.42 Å². The van der Waals surface area contributed by atoms with Gasteiger partial charge in [0.2, 0.25) is 0 Å². The zero-order valence-corrected chi connectivity index (χ0v) is 10.3. The average molecular weight is 214 g/mol. The first-order chi connectivity index (χ1) is 6.41. The molecule has 80 valence electrons. The van der Waals surface area contributed by atoms with Gasteiger partial charge in [-0.2, -0.15) is 0 Å². The van der Waals surface area contributed by atoms with Crippen LogP contribution in [0, 0.1) is 13.8 Å². The van der Waals surface area contributed by atoms with E-state index in [-0.39, 0.29) is 0 Å². The van der Waals surface area contributed by atoms with Gasteiger partial charge in [0.25, 0.3) is 0 Å². The van der Waals surface area contributed by atoms with E-state index in [4.69, 9.17) is 0 Å². The van der Waals surface area contributed by atoms with Crippen molar-refractivity contribution in [2.24, 2.45) is 0 Å². The van der Waals surface area contributed by atoms with Crippen LogP contribution in [0.15, 0.2) is 23.1 Å². The molecule has 1 aromatic rings. The van der Waals surface area contributed by atoms with E-state index in [9.17, 15) is 8.42 Å². The Bertz CT molecular complexity index is 392. The van der Waals surface area contributed by atoms with Crippen molar-refractivity contribution in [1.82, 2.24) is 0 Å². The smallest absolute Gasteiger partial charge is 0.175 e. The lowest BCUT2D eigenvalue weighted by atomic mass is 10.2. The van der Waals surface area contributed by atoms with E-state index in [1.54, 1.807) is 13.0 Å². The third kappa shape index (κ3) is 3.50. The summed E-state index contributed by atoms with van der Waals surface area (Å²) in [6.45, 7) is 7.68. The molecule has 0 aliphatic rings. The quantitative estimate of drug-likeness (QED) is 0.720. The third-order valence-corrected chi connectivity index (χ3v) is 2.98. The lowest BCUT2D eigenvalue weighted by molar-refractivity contribution is 0.601. The van der Waals surface area contributed by atoms with Crippen LogP contribution in [0.5, 0.6) is 0 Å². The van der Waals surface area contributed by atoms with Crippen LogP contribution < -0.4 is 0 Å². The SMILES string of the molecule is CC.Cc1ccc(C)c(S(C)(=O)=O)c1. The van der Waals surface area contributed by atoms with E-state index in [1.165, 1.54) is 6.26 Å². The Morgan fingerprint density at radius 2 is 1.57 bits per heavy atom. The lowest BCUT2D eigenvalue weighted by Gasteiger charge is -2.03. The summed E-state index contributed by atoms with van der Waals surface area (Å²) in [6, 6.07) is 5.43. The molecule has 0 saturated carbocycles. The molecule has 0 spiro atoms. The first-order valence-corrected chi connectivity index (χ1v) is 6.58. The first kappa shape index (κ1) is 13.2. The number of rotatable bonds is 1. The third-order valence-electron chi connectivity index (χ3n) is 1.74. The van der Waals surface area contributed by atoms with Gasteiger partial charge in [-0.05, 0) is 31.0 Å². The molecule has 2 nitrogen and oxygen atoms in total. The van der Waals surface area contributed by atoms with Crippen molar-refractivity contribution >= 4 is 9.84 Å². The highest BCUT2D eigenvalue weighted by atomic mass is 32.2. The minimum absolute atomic E-state index is 0.433. The van der Waals surface area contributed by atoms with Gasteiger partial charge in [0.15, 0.2) is 9.84 Å². The summed E-state index contributed by atoms with van der Waals surface area (Å²) in [5.74, 6) is 0. The molecule has 0 aromatic heterocycles. The number of sulfone groups is 1. The number of benzene rings is 1. The van der Waals surface area contributed by atoms with Crippen LogP contribution in [0.2, 0.25) is 0 Å². The summed E-state index contributed by atoms with van der Waals surface area (Å²) < 4.78 is 22.4. The normalized spacial score (nSPS) is 10.4. The Balaban J connectivity index is 0.000000791. The molecule has 0 unspecified atom stereocenters. The maximum absolute atomic E-state index is 11.2. The van der Waals surface area contributed by atoms with Gasteiger partial charge in [0.1, 0.15) is 0 Å². The molecule has 0 aliphatic carbocycles. The number of hydrogen-bond acceptors (Lipinski definition) is 2. The van der Waals surface area contributed by atoms with Gasteiger partial charge in [-0.3, -0.25) is 0 Å². The number of aryl methyl sites for hydroxylation is 2. The van der Waals surface area contributed by atoms with E-state index in [2.05, 4.69) is 0 Å². The van der Waals surface area contributed by atoms with Crippen molar-refractivity contribution in [2.75, 3.05) is 6.26 Å². The van der Waals surface area contributed by atoms with Gasteiger partial charge in [0, 0.05) is 6.26 Å². The monoisotopic (exact) mass is 214 g/mol. The average Bonchev–Trinajstić information content (AvgIpc) is 2.11. The molecule has 0 atom stereocenters. The molecule has 0 aliphatic heterocycles. The van der Waals surface area contributed by atoms with Gasteiger partial charge in [-0.1, -0.05) is 26.0 Å². The molecular formula is C11H18O2S. The summed E-state index contributed by atoms with van der Waals surface area (Å²) in [7, 11) is -3.06. The summed E-state index contributed by atoms with van der Waals surface area (Å²) in [5.41, 5.74) is 1.78. The minimum Gasteiger partial charge on any atom is -0.224 e. The maximum atomic E-state index is 11.2. The van der Waals surface area contributed by atoms with Crippen molar-refractivity contribution in [3.8, 4) is 0 Å². The standard InChI is InChI=1S/C9H12O2S.C2H6/c1-7-4-5-8(2)9(6-7)12(3,10)11;1-2/h4-6H,1-3H3;1-2H3. The molecule has 0 saturated heterocycles. The van der Waals surface area contributed by atoms with Crippen LogP contribution in [0.1, 0.15) is 25.0 Å². The molecule has 0 amide bonds. The molecule has 0 heterocycles. The van der Waals surface area contributed by atoms with Crippen LogP contribution in [0.25, 0.3) is 0 Å². The Kier molecular flexibility index (Phi) is 4.85. The van der Waals surface area contributed by atoms with Gasteiger partial charge < -0.3 is 0 Å². The van der Waals surface area contributed by atoms with Gasteiger partial charge in [0.05, 0.1) is 4.90 Å². The molecule has 0 bridgehead atoms. The fourth-order valence-corrected chi connectivity index (χ4v) is 2.16. The zero-order chi connectivity index (χ0) is 11.4. The molecule has 1 rings (SSSR count). The van der Waals surface area contributed by atoms with Crippen LogP contribution in [-0.4, -0.2) is 14.7 Å². The van der Waals surface area contributed by atoms with Crippen molar-refractivity contribution in [2.45, 2.75) is 32.6 Å². The fraction of sp³-hybridized carbons (Fsp3) is 0.455. The van der Waals surface area contributed by atoms with E-state index in [0.29, 0.717) is 4.90 Å². The van der Waals surface area contributed by atoms with Crippen molar-refractivity contribution in [1.29, 1.82) is 0 Å². The Morgan fingerprint density at radius 3 is 1.93 bits per heavy atom. The maximum Gasteiger partial charge on any atom is 0.175 e. The molecule has 0 fully saturated rings. The molecule has 1 aromatic carbocycles. The Hall–Kier alpha value is -0.830.